The summed E-state index contributed by atoms with van der Waals surface area (Å²) < 4.78 is 0. The fourth-order valence-electron chi connectivity index (χ4n) is 0.677. The van der Waals surface area contributed by atoms with Crippen molar-refractivity contribution in [2.45, 2.75) is 46.3 Å². The van der Waals surface area contributed by atoms with E-state index in [1.165, 1.54) is 0 Å². The molecule has 0 aliphatic heterocycles. The van der Waals surface area contributed by atoms with Gasteiger partial charge in [0.2, 0.25) is 0 Å². The van der Waals surface area contributed by atoms with Gasteiger partial charge in [-0.1, -0.05) is 20.8 Å². The second-order valence-electron chi connectivity index (χ2n) is 3.97. The minimum atomic E-state index is -0.410. The molecule has 0 heterocycles. The predicted molar refractivity (Wildman–Crippen MR) is 41.8 cm³/mol. The van der Waals surface area contributed by atoms with Crippen LogP contribution in [0.25, 0.3) is 0 Å². The topological polar surface area (TPSA) is 40.5 Å². The Bertz CT molecular complexity index is 91.9. The molecular weight excluding hydrogens is 128 g/mol. The molecule has 0 aliphatic rings. The minimum absolute atomic E-state index is 0.114. The quantitative estimate of drug-likeness (QED) is 0.614. The van der Waals surface area contributed by atoms with Crippen molar-refractivity contribution < 1.29 is 10.2 Å². The van der Waals surface area contributed by atoms with Crippen LogP contribution in [0, 0.1) is 5.41 Å². The molecule has 0 aromatic carbocycles. The first-order valence-corrected chi connectivity index (χ1v) is 3.70. The monoisotopic (exact) mass is 146 g/mol. The van der Waals surface area contributed by atoms with Crippen LogP contribution in [0.5, 0.6) is 0 Å². The molecule has 2 unspecified atom stereocenters. The molecule has 0 amide bonds. The Balaban J connectivity index is 3.73. The van der Waals surface area contributed by atoms with Crippen molar-refractivity contribution >= 4 is 0 Å². The molecule has 0 aliphatic carbocycles. The standard InChI is InChI=1S/C8H18O2/c1-6(9)5-7(10)8(2,3)4/h6-7,9-10H,5H2,1-4H3. The van der Waals surface area contributed by atoms with E-state index < -0.39 is 12.2 Å². The van der Waals surface area contributed by atoms with Crippen LogP contribution in [0.3, 0.4) is 0 Å². The average Bonchev–Trinajstić information content (AvgIpc) is 1.60. The van der Waals surface area contributed by atoms with Crippen molar-refractivity contribution in [3.8, 4) is 0 Å². The summed E-state index contributed by atoms with van der Waals surface area (Å²) >= 11 is 0. The third kappa shape index (κ3) is 3.85. The molecule has 0 bridgehead atoms. The van der Waals surface area contributed by atoms with Crippen LogP contribution in [0.4, 0.5) is 0 Å². The van der Waals surface area contributed by atoms with Crippen molar-refractivity contribution in [1.29, 1.82) is 0 Å². The number of hydrogen-bond donors (Lipinski definition) is 2. The van der Waals surface area contributed by atoms with Crippen molar-refractivity contribution in [3.63, 3.8) is 0 Å². The zero-order valence-electron chi connectivity index (χ0n) is 7.26. The Hall–Kier alpha value is -0.0800. The van der Waals surface area contributed by atoms with E-state index in [0.717, 1.165) is 0 Å². The lowest BCUT2D eigenvalue weighted by Gasteiger charge is -2.26. The molecule has 0 saturated carbocycles. The maximum absolute atomic E-state index is 9.40. The van der Waals surface area contributed by atoms with Crippen LogP contribution in [0.15, 0.2) is 0 Å². The van der Waals surface area contributed by atoms with Crippen molar-refractivity contribution in [3.05, 3.63) is 0 Å². The summed E-state index contributed by atoms with van der Waals surface area (Å²) in [6.45, 7) is 7.56. The Labute approximate surface area is 62.9 Å². The molecule has 2 heteroatoms. The number of hydrogen-bond acceptors (Lipinski definition) is 2. The molecule has 0 saturated heterocycles. The highest BCUT2D eigenvalue weighted by Crippen LogP contribution is 2.22. The zero-order chi connectivity index (χ0) is 8.36. The predicted octanol–water partition coefficient (Wildman–Crippen LogP) is 1.16. The molecular formula is C8H18O2. The van der Waals surface area contributed by atoms with Crippen LogP contribution >= 0.6 is 0 Å². The second-order valence-corrected chi connectivity index (χ2v) is 3.97. The Morgan fingerprint density at radius 2 is 1.60 bits per heavy atom. The van der Waals surface area contributed by atoms with Gasteiger partial charge in [-0.15, -0.1) is 0 Å². The smallest absolute Gasteiger partial charge is 0.0613 e. The van der Waals surface area contributed by atoms with E-state index in [-0.39, 0.29) is 5.41 Å². The molecule has 10 heavy (non-hydrogen) atoms. The van der Waals surface area contributed by atoms with Gasteiger partial charge in [-0.05, 0) is 18.8 Å². The van der Waals surface area contributed by atoms with Gasteiger partial charge in [0.1, 0.15) is 0 Å². The average molecular weight is 146 g/mol. The summed E-state index contributed by atoms with van der Waals surface area (Å²) in [5.41, 5.74) is -0.114. The SMILES string of the molecule is CC(O)CC(O)C(C)(C)C. The van der Waals surface area contributed by atoms with Gasteiger partial charge < -0.3 is 10.2 Å². The maximum Gasteiger partial charge on any atom is 0.0613 e. The molecule has 0 aromatic rings. The highest BCUT2D eigenvalue weighted by Gasteiger charge is 2.22. The third-order valence-electron chi connectivity index (χ3n) is 1.56. The summed E-state index contributed by atoms with van der Waals surface area (Å²) in [4.78, 5) is 0. The number of rotatable bonds is 2. The molecule has 62 valence electrons. The van der Waals surface area contributed by atoms with Crippen LogP contribution in [0.1, 0.15) is 34.1 Å². The lowest BCUT2D eigenvalue weighted by molar-refractivity contribution is 0.0188. The van der Waals surface area contributed by atoms with Gasteiger partial charge in [-0.2, -0.15) is 0 Å². The minimum Gasteiger partial charge on any atom is -0.393 e. The van der Waals surface area contributed by atoms with Gasteiger partial charge in [-0.25, -0.2) is 0 Å². The van der Waals surface area contributed by atoms with Gasteiger partial charge >= 0.3 is 0 Å². The van der Waals surface area contributed by atoms with Crippen LogP contribution in [-0.2, 0) is 0 Å². The van der Waals surface area contributed by atoms with Crippen molar-refractivity contribution in [1.82, 2.24) is 0 Å². The zero-order valence-corrected chi connectivity index (χ0v) is 7.26. The summed E-state index contributed by atoms with van der Waals surface area (Å²) in [6.07, 6.45) is -0.356. The van der Waals surface area contributed by atoms with E-state index in [2.05, 4.69) is 0 Å². The molecule has 2 N–H and O–H groups in total. The number of aliphatic hydroxyl groups is 2. The van der Waals surface area contributed by atoms with Gasteiger partial charge in [0, 0.05) is 0 Å². The lowest BCUT2D eigenvalue weighted by atomic mass is 9.86. The first-order valence-electron chi connectivity index (χ1n) is 3.70. The van der Waals surface area contributed by atoms with Crippen LogP contribution in [0.2, 0.25) is 0 Å². The highest BCUT2D eigenvalue weighted by atomic mass is 16.3. The van der Waals surface area contributed by atoms with Crippen molar-refractivity contribution in [2.24, 2.45) is 5.41 Å². The maximum atomic E-state index is 9.40. The normalized spacial score (nSPS) is 18.6. The van der Waals surface area contributed by atoms with Crippen LogP contribution in [-0.4, -0.2) is 22.4 Å². The van der Waals surface area contributed by atoms with E-state index >= 15 is 0 Å². The Morgan fingerprint density at radius 3 is 1.70 bits per heavy atom. The molecule has 0 spiro atoms. The first kappa shape index (κ1) is 9.92. The van der Waals surface area contributed by atoms with Crippen molar-refractivity contribution in [2.75, 3.05) is 0 Å². The van der Waals surface area contributed by atoms with Gasteiger partial charge in [0.15, 0.2) is 0 Å². The summed E-state index contributed by atoms with van der Waals surface area (Å²) in [5, 5.41) is 18.3. The van der Waals surface area contributed by atoms with E-state index in [9.17, 15) is 5.11 Å². The highest BCUT2D eigenvalue weighted by molar-refractivity contribution is 4.73. The third-order valence-corrected chi connectivity index (χ3v) is 1.56. The molecule has 0 aromatic heterocycles. The summed E-state index contributed by atoms with van der Waals surface area (Å²) in [6, 6.07) is 0. The Morgan fingerprint density at radius 1 is 1.20 bits per heavy atom. The fourth-order valence-corrected chi connectivity index (χ4v) is 0.677. The summed E-state index contributed by atoms with van der Waals surface area (Å²) in [7, 11) is 0. The van der Waals surface area contributed by atoms with Gasteiger partial charge in [0.05, 0.1) is 12.2 Å². The second kappa shape index (κ2) is 3.35. The first-order chi connectivity index (χ1) is 4.34. The number of aliphatic hydroxyl groups excluding tert-OH is 2. The Kier molecular flexibility index (Phi) is 3.33. The largest absolute Gasteiger partial charge is 0.393 e. The van der Waals surface area contributed by atoms with Gasteiger partial charge in [-0.3, -0.25) is 0 Å². The van der Waals surface area contributed by atoms with E-state index in [0.29, 0.717) is 6.42 Å². The summed E-state index contributed by atoms with van der Waals surface area (Å²) in [5.74, 6) is 0. The van der Waals surface area contributed by atoms with E-state index in [4.69, 9.17) is 5.11 Å². The fraction of sp³-hybridized carbons (Fsp3) is 1.00. The molecule has 2 nitrogen and oxygen atoms in total. The van der Waals surface area contributed by atoms with E-state index in [1.807, 2.05) is 20.8 Å². The molecule has 0 fully saturated rings. The molecule has 0 rings (SSSR count). The lowest BCUT2D eigenvalue weighted by Crippen LogP contribution is -2.29. The van der Waals surface area contributed by atoms with Crippen LogP contribution < -0.4 is 0 Å². The molecule has 2 atom stereocenters. The van der Waals surface area contributed by atoms with E-state index in [1.54, 1.807) is 6.92 Å². The van der Waals surface area contributed by atoms with Gasteiger partial charge in [0.25, 0.3) is 0 Å². The molecule has 0 radical (unpaired) electrons.